The lowest BCUT2D eigenvalue weighted by Gasteiger charge is -2.19. The number of hydrogen-bond acceptors (Lipinski definition) is 7. The van der Waals surface area contributed by atoms with Gasteiger partial charge < -0.3 is 14.2 Å². The molecule has 3 aromatic rings. The van der Waals surface area contributed by atoms with Crippen LogP contribution < -0.4 is 15.0 Å². The molecule has 1 heterocycles. The largest absolute Gasteiger partial charge is 0.493 e. The number of carbonyl (C=O) groups is 1. The van der Waals surface area contributed by atoms with Crippen molar-refractivity contribution in [1.82, 2.24) is 9.66 Å². The summed E-state index contributed by atoms with van der Waals surface area (Å²) in [5.74, 6) is 0.984. The minimum atomic E-state index is -0.823. The number of rotatable bonds is 11. The van der Waals surface area contributed by atoms with Crippen LogP contribution in [0.3, 0.4) is 0 Å². The fraction of sp³-hybridized carbons (Fsp3) is 0.357. The molecule has 0 bridgehead atoms. The van der Waals surface area contributed by atoms with Crippen molar-refractivity contribution < 1.29 is 19.0 Å². The average molecular weight is 570 g/mol. The van der Waals surface area contributed by atoms with Crippen molar-refractivity contribution >= 4 is 39.0 Å². The van der Waals surface area contributed by atoms with Crippen molar-refractivity contribution in [1.29, 1.82) is 0 Å². The highest BCUT2D eigenvalue weighted by atomic mass is 79.9. The van der Waals surface area contributed by atoms with Crippen molar-refractivity contribution in [2.45, 2.75) is 52.6 Å². The first-order valence-corrected chi connectivity index (χ1v) is 12.9. The highest BCUT2D eigenvalue weighted by molar-refractivity contribution is 9.10. The zero-order chi connectivity index (χ0) is 27.1. The number of ether oxygens (including phenoxy) is 3. The number of fused-ring (bicyclic) bond motifs is 1. The predicted octanol–water partition coefficient (Wildman–Crippen LogP) is 5.62. The third-order valence-corrected chi connectivity index (χ3v) is 6.35. The second kappa shape index (κ2) is 12.7. The number of carbonyl (C=O) groups excluding carboxylic acids is 1. The maximum atomic E-state index is 13.4. The van der Waals surface area contributed by atoms with Crippen LogP contribution in [-0.2, 0) is 16.0 Å². The summed E-state index contributed by atoms with van der Waals surface area (Å²) in [4.78, 5) is 30.3. The van der Waals surface area contributed by atoms with E-state index in [2.05, 4.69) is 27.6 Å². The molecule has 0 saturated carbocycles. The maximum Gasteiger partial charge on any atom is 0.347 e. The molecule has 0 aliphatic heterocycles. The van der Waals surface area contributed by atoms with E-state index in [1.54, 1.807) is 38.3 Å². The summed E-state index contributed by atoms with van der Waals surface area (Å²) in [6.07, 6.45) is 3.76. The lowest BCUT2D eigenvalue weighted by molar-refractivity contribution is -0.150. The smallest absolute Gasteiger partial charge is 0.347 e. The van der Waals surface area contributed by atoms with Gasteiger partial charge in [-0.15, -0.1) is 6.58 Å². The summed E-state index contributed by atoms with van der Waals surface area (Å²) < 4.78 is 18.7. The zero-order valence-corrected chi connectivity index (χ0v) is 23.4. The van der Waals surface area contributed by atoms with Gasteiger partial charge in [-0.1, -0.05) is 35.9 Å². The molecule has 0 unspecified atom stereocenters. The summed E-state index contributed by atoms with van der Waals surface area (Å²) in [7, 11) is 1.52. The van der Waals surface area contributed by atoms with E-state index in [1.165, 1.54) is 11.8 Å². The van der Waals surface area contributed by atoms with Crippen LogP contribution in [0.25, 0.3) is 10.9 Å². The Hall–Kier alpha value is -3.46. The molecule has 0 amide bonds. The van der Waals surface area contributed by atoms with E-state index in [0.29, 0.717) is 40.2 Å². The van der Waals surface area contributed by atoms with Gasteiger partial charge >= 0.3 is 5.97 Å². The minimum absolute atomic E-state index is 0.0175. The van der Waals surface area contributed by atoms with Crippen LogP contribution >= 0.6 is 15.9 Å². The number of nitrogens with zero attached hydrogens (tertiary/aromatic N) is 3. The number of benzene rings is 2. The van der Waals surface area contributed by atoms with Gasteiger partial charge in [-0.25, -0.2) is 9.78 Å². The van der Waals surface area contributed by atoms with Gasteiger partial charge in [0, 0.05) is 16.0 Å². The molecule has 0 fully saturated rings. The van der Waals surface area contributed by atoms with Crippen LogP contribution in [0.1, 0.15) is 57.0 Å². The maximum absolute atomic E-state index is 13.4. The van der Waals surface area contributed by atoms with Crippen molar-refractivity contribution in [3.63, 3.8) is 0 Å². The van der Waals surface area contributed by atoms with Gasteiger partial charge in [-0.3, -0.25) is 4.79 Å². The third kappa shape index (κ3) is 6.46. The molecule has 2 atom stereocenters. The highest BCUT2D eigenvalue weighted by Gasteiger charge is 2.21. The molecule has 8 nitrogen and oxygen atoms in total. The molecule has 1 aromatic heterocycles. The monoisotopic (exact) mass is 569 g/mol. The molecule has 0 radical (unpaired) electrons. The number of methoxy groups -OCH3 is 1. The van der Waals surface area contributed by atoms with E-state index in [0.717, 1.165) is 16.5 Å². The first-order chi connectivity index (χ1) is 17.7. The molecule has 3 rings (SSSR count). The van der Waals surface area contributed by atoms with Gasteiger partial charge in [0.05, 0.1) is 30.8 Å². The second-order valence-corrected chi connectivity index (χ2v) is 9.43. The van der Waals surface area contributed by atoms with Crippen LogP contribution in [0.4, 0.5) is 0 Å². The summed E-state index contributed by atoms with van der Waals surface area (Å²) in [6.45, 7) is 11.5. The van der Waals surface area contributed by atoms with Gasteiger partial charge in [-0.05, 0) is 62.6 Å². The number of esters is 1. The van der Waals surface area contributed by atoms with Crippen LogP contribution in [0.5, 0.6) is 11.5 Å². The normalized spacial score (nSPS) is 12.9. The van der Waals surface area contributed by atoms with Crippen LogP contribution in [-0.4, -0.2) is 41.7 Å². The molecular weight excluding hydrogens is 538 g/mol. The zero-order valence-electron chi connectivity index (χ0n) is 21.8. The van der Waals surface area contributed by atoms with Gasteiger partial charge in [-0.2, -0.15) is 9.78 Å². The topological polar surface area (TPSA) is 92.0 Å². The van der Waals surface area contributed by atoms with E-state index >= 15 is 0 Å². The van der Waals surface area contributed by atoms with Gasteiger partial charge in [0.2, 0.25) is 0 Å². The Kier molecular flexibility index (Phi) is 9.63. The number of allylic oxidation sites excluding steroid dienone is 1. The van der Waals surface area contributed by atoms with E-state index in [9.17, 15) is 9.59 Å². The van der Waals surface area contributed by atoms with Crippen LogP contribution in [0.2, 0.25) is 0 Å². The molecule has 0 N–H and O–H groups in total. The molecule has 0 aliphatic rings. The fourth-order valence-corrected chi connectivity index (χ4v) is 4.10. The van der Waals surface area contributed by atoms with Gasteiger partial charge in [0.25, 0.3) is 5.56 Å². The van der Waals surface area contributed by atoms with Crippen molar-refractivity contribution in [3.8, 4) is 11.5 Å². The molecule has 9 heteroatoms. The lowest BCUT2D eigenvalue weighted by Crippen LogP contribution is -2.26. The quantitative estimate of drug-likeness (QED) is 0.169. The Morgan fingerprint density at radius 2 is 2.00 bits per heavy atom. The second-order valence-electron chi connectivity index (χ2n) is 8.52. The summed E-state index contributed by atoms with van der Waals surface area (Å²) in [5.41, 5.74) is 1.81. The van der Waals surface area contributed by atoms with Crippen molar-refractivity contribution in [3.05, 3.63) is 74.8 Å². The molecular formula is C28H32BrN3O5. The SMILES string of the molecule is C=CCc1cc(C=Nn2c([C@@H](C)CC)nc3ccc(Br)cc3c2=O)cc(OC)c1O[C@@H](C)C(=O)OCC. The van der Waals surface area contributed by atoms with E-state index in [-0.39, 0.29) is 18.1 Å². The van der Waals surface area contributed by atoms with E-state index in [1.807, 2.05) is 32.0 Å². The Balaban J connectivity index is 2.10. The summed E-state index contributed by atoms with van der Waals surface area (Å²) in [5, 5.41) is 5.02. The van der Waals surface area contributed by atoms with Crippen LogP contribution in [0, 0.1) is 0 Å². The third-order valence-electron chi connectivity index (χ3n) is 5.86. The number of hydrogen-bond donors (Lipinski definition) is 0. The molecule has 196 valence electrons. The summed E-state index contributed by atoms with van der Waals surface area (Å²) in [6, 6.07) is 9.03. The molecule has 37 heavy (non-hydrogen) atoms. The van der Waals surface area contributed by atoms with Crippen molar-refractivity contribution in [2.75, 3.05) is 13.7 Å². The first-order valence-electron chi connectivity index (χ1n) is 12.2. The molecule has 2 aromatic carbocycles. The minimum Gasteiger partial charge on any atom is -0.493 e. The first kappa shape index (κ1) is 28.1. The standard InChI is InChI=1S/C28H32BrN3O5/c1-7-10-20-13-19(14-24(35-6)25(20)37-18(5)28(34)36-9-3)16-30-32-26(17(4)8-2)31-23-12-11-21(29)15-22(23)27(32)33/h7,11-18H,1,8-10H2,2-6H3/t17-,18-/m0/s1. The Morgan fingerprint density at radius 3 is 2.65 bits per heavy atom. The van der Waals surface area contributed by atoms with Crippen LogP contribution in [0.15, 0.2) is 57.4 Å². The van der Waals surface area contributed by atoms with Gasteiger partial charge in [0.15, 0.2) is 17.6 Å². The lowest BCUT2D eigenvalue weighted by atomic mass is 10.1. The number of aromatic nitrogens is 2. The number of halogens is 1. The fourth-order valence-electron chi connectivity index (χ4n) is 3.74. The predicted molar refractivity (Wildman–Crippen MR) is 149 cm³/mol. The van der Waals surface area contributed by atoms with Gasteiger partial charge in [0.1, 0.15) is 5.82 Å². The van der Waals surface area contributed by atoms with Crippen molar-refractivity contribution in [2.24, 2.45) is 5.10 Å². The van der Waals surface area contributed by atoms with E-state index in [4.69, 9.17) is 19.2 Å². The molecule has 0 spiro atoms. The van der Waals surface area contributed by atoms with E-state index < -0.39 is 12.1 Å². The summed E-state index contributed by atoms with van der Waals surface area (Å²) >= 11 is 3.43. The highest BCUT2D eigenvalue weighted by Crippen LogP contribution is 2.34. The Labute approximate surface area is 225 Å². The average Bonchev–Trinajstić information content (AvgIpc) is 2.89. The molecule has 0 aliphatic carbocycles. The Bertz CT molecular complexity index is 1380. The molecule has 0 saturated heterocycles. The Morgan fingerprint density at radius 1 is 1.24 bits per heavy atom.